The standard InChI is InChI=1S/C36H56O13/c1-17-26(38)28(40)31(32(42)47-17)46-16-24-27(39)30(44-4)29(41)33(49-24)48-20-7-10-34(2)19(14-20)5-6-23-22(34)8-11-35(3)21(9-12-36(23,35)43)18-13-25(37)45-15-18/h13,17,19-24,26-33,38-43H,5-12,14-16H2,1-4H3/t17?,19-,20+,21-,22?,23?,24?,26-,27-,28?,29?,30?,31?,32-,33+,34+,35-,36+/m1/s1. The Hall–Kier alpha value is -1.23. The molecular formula is C36H56O13. The molecule has 0 bridgehead atoms. The van der Waals surface area contributed by atoms with Crippen molar-refractivity contribution >= 4 is 5.97 Å². The highest BCUT2D eigenvalue weighted by Gasteiger charge is 2.68. The van der Waals surface area contributed by atoms with Crippen molar-refractivity contribution in [1.29, 1.82) is 0 Å². The first-order valence-corrected chi connectivity index (χ1v) is 18.3. The van der Waals surface area contributed by atoms with E-state index in [0.29, 0.717) is 18.4 Å². The van der Waals surface area contributed by atoms with E-state index in [0.717, 1.165) is 63.4 Å². The highest BCUT2D eigenvalue weighted by atomic mass is 16.7. The minimum absolute atomic E-state index is 0.0309. The van der Waals surface area contributed by atoms with E-state index in [1.165, 1.54) is 14.0 Å². The van der Waals surface area contributed by atoms with Crippen LogP contribution in [0, 0.1) is 34.5 Å². The van der Waals surface area contributed by atoms with E-state index < -0.39 is 67.0 Å². The van der Waals surface area contributed by atoms with Crippen LogP contribution in [0.2, 0.25) is 0 Å². The molecule has 6 N–H and O–H groups in total. The molecule has 0 aromatic heterocycles. The zero-order valence-corrected chi connectivity index (χ0v) is 29.1. The second-order valence-corrected chi connectivity index (χ2v) is 16.6. The Bertz CT molecular complexity index is 1260. The average molecular weight is 697 g/mol. The monoisotopic (exact) mass is 696 g/mol. The zero-order chi connectivity index (χ0) is 35.0. The number of rotatable bonds is 7. The fraction of sp³-hybridized carbons (Fsp3) is 0.917. The lowest BCUT2D eigenvalue weighted by Gasteiger charge is -2.64. The number of fused-ring (bicyclic) bond motifs is 5. The average Bonchev–Trinajstić information content (AvgIpc) is 3.61. The summed E-state index contributed by atoms with van der Waals surface area (Å²) in [6, 6.07) is 0. The smallest absolute Gasteiger partial charge is 0.331 e. The Morgan fingerprint density at radius 3 is 2.37 bits per heavy atom. The molecule has 3 aliphatic heterocycles. The number of hydrogen-bond donors (Lipinski definition) is 6. The molecule has 3 heterocycles. The van der Waals surface area contributed by atoms with Gasteiger partial charge in [0.25, 0.3) is 0 Å². The number of hydrogen-bond acceptors (Lipinski definition) is 13. The first kappa shape index (κ1) is 36.1. The minimum atomic E-state index is -1.49. The van der Waals surface area contributed by atoms with Gasteiger partial charge < -0.3 is 59.1 Å². The lowest BCUT2D eigenvalue weighted by Crippen LogP contribution is -2.63. The van der Waals surface area contributed by atoms with Crippen LogP contribution in [0.25, 0.3) is 0 Å². The van der Waals surface area contributed by atoms with E-state index in [1.54, 1.807) is 6.08 Å². The van der Waals surface area contributed by atoms with E-state index in [4.69, 9.17) is 28.4 Å². The highest BCUT2D eigenvalue weighted by Crippen LogP contribution is 2.70. The van der Waals surface area contributed by atoms with Gasteiger partial charge in [-0.2, -0.15) is 0 Å². The summed E-state index contributed by atoms with van der Waals surface area (Å²) in [4.78, 5) is 11.9. The van der Waals surface area contributed by atoms with Crippen LogP contribution in [0.15, 0.2) is 11.6 Å². The maximum absolute atomic E-state index is 12.5. The van der Waals surface area contributed by atoms with Gasteiger partial charge in [0.1, 0.15) is 49.3 Å². The molecule has 4 aliphatic carbocycles. The van der Waals surface area contributed by atoms with Crippen molar-refractivity contribution in [3.05, 3.63) is 11.6 Å². The lowest BCUT2D eigenvalue weighted by atomic mass is 9.43. The summed E-state index contributed by atoms with van der Waals surface area (Å²) in [5.74, 6) is 0.821. The first-order valence-electron chi connectivity index (χ1n) is 18.3. The van der Waals surface area contributed by atoms with Crippen LogP contribution in [0.5, 0.6) is 0 Å². The maximum atomic E-state index is 12.5. The SMILES string of the molecule is COC1C(O)[C@@H](O[C@H]2CC[C@]3(C)C4CC[C@]5(C)[C@@H](C6=CC(=O)OC6)CC[C@]5(O)C4CC[C@@H]3C2)OC(COC2C(O)[C@H](O)C(C)O[C@H]2O)[C@H]1O. The van der Waals surface area contributed by atoms with Gasteiger partial charge in [0, 0.05) is 18.6 Å². The maximum Gasteiger partial charge on any atom is 0.331 e. The van der Waals surface area contributed by atoms with Crippen molar-refractivity contribution in [3.63, 3.8) is 0 Å². The van der Waals surface area contributed by atoms with E-state index in [9.17, 15) is 35.4 Å². The van der Waals surface area contributed by atoms with Gasteiger partial charge in [0.2, 0.25) is 0 Å². The van der Waals surface area contributed by atoms with E-state index >= 15 is 0 Å². The topological polar surface area (TPSA) is 194 Å². The van der Waals surface area contributed by atoms with Crippen LogP contribution in [0.4, 0.5) is 0 Å². The number of esters is 1. The number of carbonyl (C=O) groups excluding carboxylic acids is 1. The second-order valence-electron chi connectivity index (χ2n) is 16.6. The van der Waals surface area contributed by atoms with Crippen LogP contribution in [-0.4, -0.2) is 130 Å². The van der Waals surface area contributed by atoms with Gasteiger partial charge in [-0.25, -0.2) is 4.79 Å². The molecule has 0 aromatic rings. The summed E-state index contributed by atoms with van der Waals surface area (Å²) in [5, 5.41) is 65.6. The molecule has 0 radical (unpaired) electrons. The van der Waals surface area contributed by atoms with Crippen molar-refractivity contribution < 1.29 is 63.9 Å². The van der Waals surface area contributed by atoms with Crippen molar-refractivity contribution in [3.8, 4) is 0 Å². The molecule has 278 valence electrons. The molecule has 7 rings (SSSR count). The van der Waals surface area contributed by atoms with Crippen LogP contribution < -0.4 is 0 Å². The fourth-order valence-corrected chi connectivity index (χ4v) is 11.5. The second kappa shape index (κ2) is 13.3. The van der Waals surface area contributed by atoms with Gasteiger partial charge in [0.05, 0.1) is 24.4 Å². The molecule has 4 saturated carbocycles. The molecular weight excluding hydrogens is 640 g/mol. The Morgan fingerprint density at radius 1 is 0.878 bits per heavy atom. The fourth-order valence-electron chi connectivity index (χ4n) is 11.5. The quantitative estimate of drug-likeness (QED) is 0.163. The van der Waals surface area contributed by atoms with Crippen molar-refractivity contribution in [2.75, 3.05) is 20.3 Å². The summed E-state index contributed by atoms with van der Waals surface area (Å²) in [6.45, 7) is 6.21. The molecule has 8 unspecified atom stereocenters. The predicted octanol–water partition coefficient (Wildman–Crippen LogP) is 0.934. The van der Waals surface area contributed by atoms with Gasteiger partial charge in [-0.05, 0) is 99.4 Å². The zero-order valence-electron chi connectivity index (χ0n) is 29.1. The molecule has 0 amide bonds. The first-order chi connectivity index (χ1) is 23.2. The number of ether oxygens (including phenoxy) is 6. The summed E-state index contributed by atoms with van der Waals surface area (Å²) < 4.78 is 34.2. The minimum Gasteiger partial charge on any atom is -0.458 e. The normalized spacial score (nSPS) is 54.4. The molecule has 7 aliphatic rings. The third-order valence-electron chi connectivity index (χ3n) is 14.4. The van der Waals surface area contributed by atoms with Crippen LogP contribution in [0.3, 0.4) is 0 Å². The van der Waals surface area contributed by atoms with Crippen LogP contribution in [-0.2, 0) is 33.2 Å². The van der Waals surface area contributed by atoms with Gasteiger partial charge in [-0.1, -0.05) is 13.8 Å². The summed E-state index contributed by atoms with van der Waals surface area (Å²) in [6.07, 6.45) is -2.60. The van der Waals surface area contributed by atoms with E-state index in [2.05, 4.69) is 13.8 Å². The largest absolute Gasteiger partial charge is 0.458 e. The highest BCUT2D eigenvalue weighted by molar-refractivity contribution is 5.85. The van der Waals surface area contributed by atoms with Gasteiger partial charge in [-0.3, -0.25) is 0 Å². The molecule has 6 fully saturated rings. The number of aliphatic hydroxyl groups excluding tert-OH is 5. The van der Waals surface area contributed by atoms with Crippen molar-refractivity contribution in [2.24, 2.45) is 34.5 Å². The number of cyclic esters (lactones) is 1. The third kappa shape index (κ3) is 5.83. The number of methoxy groups -OCH3 is 1. The molecule has 13 nitrogen and oxygen atoms in total. The summed E-state index contributed by atoms with van der Waals surface area (Å²) in [7, 11) is 1.38. The van der Waals surface area contributed by atoms with E-state index in [1.807, 2.05) is 0 Å². The van der Waals surface area contributed by atoms with Crippen molar-refractivity contribution in [2.45, 2.75) is 152 Å². The third-order valence-corrected chi connectivity index (χ3v) is 14.4. The van der Waals surface area contributed by atoms with Crippen LogP contribution in [0.1, 0.15) is 78.6 Å². The number of aliphatic hydroxyl groups is 6. The Kier molecular flexibility index (Phi) is 9.82. The molecule has 0 spiro atoms. The molecule has 49 heavy (non-hydrogen) atoms. The molecule has 18 atom stereocenters. The van der Waals surface area contributed by atoms with Gasteiger partial charge in [0.15, 0.2) is 12.6 Å². The van der Waals surface area contributed by atoms with Crippen LogP contribution >= 0.6 is 0 Å². The Balaban J connectivity index is 0.999. The predicted molar refractivity (Wildman–Crippen MR) is 170 cm³/mol. The Labute approximate surface area is 287 Å². The summed E-state index contributed by atoms with van der Waals surface area (Å²) in [5.41, 5.74) is -0.000607. The van der Waals surface area contributed by atoms with Crippen molar-refractivity contribution in [1.82, 2.24) is 0 Å². The Morgan fingerprint density at radius 2 is 1.65 bits per heavy atom. The van der Waals surface area contributed by atoms with Gasteiger partial charge in [-0.15, -0.1) is 0 Å². The number of carbonyl (C=O) groups is 1. The van der Waals surface area contributed by atoms with E-state index in [-0.39, 0.29) is 41.3 Å². The summed E-state index contributed by atoms with van der Waals surface area (Å²) >= 11 is 0. The molecule has 13 heteroatoms. The molecule has 2 saturated heterocycles. The molecule has 0 aromatic carbocycles. The van der Waals surface area contributed by atoms with Gasteiger partial charge >= 0.3 is 5.97 Å². The lowest BCUT2D eigenvalue weighted by molar-refractivity contribution is -0.332.